The van der Waals surface area contributed by atoms with Crippen LogP contribution in [0.5, 0.6) is 5.75 Å². The molecule has 13 heteroatoms. The Bertz CT molecular complexity index is 1890. The Morgan fingerprint density at radius 1 is 1.06 bits per heavy atom. The highest BCUT2D eigenvalue weighted by atomic mass is 35.5. The zero-order valence-corrected chi connectivity index (χ0v) is 28.6. The molecule has 1 unspecified atom stereocenters. The first-order valence-electron chi connectivity index (χ1n) is 14.8. The summed E-state index contributed by atoms with van der Waals surface area (Å²) >= 11 is 7.82. The third-order valence-electron chi connectivity index (χ3n) is 7.75. The molecular weight excluding hydrogens is 669 g/mol. The van der Waals surface area contributed by atoms with E-state index < -0.39 is 32.5 Å². The molecule has 3 aromatic carbocycles. The molecule has 0 saturated heterocycles. The van der Waals surface area contributed by atoms with E-state index in [1.54, 1.807) is 24.3 Å². The molecule has 0 saturated carbocycles. The standard InChI is InChI=1S/C34H35ClF3N4O3S2/c1-22(2)32-20-42(26-10-8-25(36)9-11-26)34(40-32,24-7-12-30(37)33(16-24)45-4)46-21-28-29(35)17-27(18-31(28)38)47(43,44)39-14-13-23-6-5-15-41(3)19-23/h5-12,15-20,22,39-40H,13-14,21H2,1-4H3/q+1. The molecule has 0 fully saturated rings. The van der Waals surface area contributed by atoms with Gasteiger partial charge in [-0.3, -0.25) is 0 Å². The predicted molar refractivity (Wildman–Crippen MR) is 179 cm³/mol. The number of benzene rings is 3. The number of sulfonamides is 1. The van der Waals surface area contributed by atoms with E-state index in [1.807, 2.05) is 61.1 Å². The van der Waals surface area contributed by atoms with Crippen molar-refractivity contribution < 1.29 is 30.9 Å². The average Bonchev–Trinajstić information content (AvgIpc) is 3.42. The van der Waals surface area contributed by atoms with Crippen LogP contribution < -0.4 is 24.2 Å². The second-order valence-electron chi connectivity index (χ2n) is 11.4. The lowest BCUT2D eigenvalue weighted by molar-refractivity contribution is -0.671. The predicted octanol–water partition coefficient (Wildman–Crippen LogP) is 6.76. The SMILES string of the molecule is COc1cc(C2(SCc3c(F)cc(S(=O)(=O)NCCc4ccc[n+](C)c4)cc3Cl)NC(C(C)C)=CN2c2ccc(F)cc2)ccc1F. The minimum atomic E-state index is -4.06. The summed E-state index contributed by atoms with van der Waals surface area (Å²) in [5, 5.41) is 3.48. The minimum Gasteiger partial charge on any atom is -0.494 e. The van der Waals surface area contributed by atoms with E-state index in [0.29, 0.717) is 17.7 Å². The third kappa shape index (κ3) is 7.56. The van der Waals surface area contributed by atoms with Gasteiger partial charge in [0.25, 0.3) is 0 Å². The largest absolute Gasteiger partial charge is 0.494 e. The molecule has 4 aromatic rings. The lowest BCUT2D eigenvalue weighted by Gasteiger charge is -2.40. The molecule has 248 valence electrons. The highest BCUT2D eigenvalue weighted by molar-refractivity contribution is 7.99. The summed E-state index contributed by atoms with van der Waals surface area (Å²) in [5.74, 6) is -1.75. The lowest BCUT2D eigenvalue weighted by atomic mass is 10.1. The maximum atomic E-state index is 15.8. The Labute approximate surface area is 282 Å². The number of aryl methyl sites for hydroxylation is 1. The van der Waals surface area contributed by atoms with Gasteiger partial charge < -0.3 is 15.0 Å². The summed E-state index contributed by atoms with van der Waals surface area (Å²) in [6, 6.07) is 16.3. The highest BCUT2D eigenvalue weighted by Gasteiger charge is 2.45. The fourth-order valence-corrected chi connectivity index (χ4v) is 8.12. The number of hydrogen-bond acceptors (Lipinski definition) is 6. The van der Waals surface area contributed by atoms with Gasteiger partial charge in [-0.2, -0.15) is 0 Å². The van der Waals surface area contributed by atoms with Gasteiger partial charge in [0.05, 0.1) is 12.0 Å². The molecule has 1 atom stereocenters. The van der Waals surface area contributed by atoms with Crippen LogP contribution in [0.15, 0.2) is 95.9 Å². The monoisotopic (exact) mass is 703 g/mol. The number of aromatic nitrogens is 1. The number of methoxy groups -OCH3 is 1. The number of nitrogens with one attached hydrogen (secondary N) is 2. The van der Waals surface area contributed by atoms with Crippen LogP contribution in [-0.4, -0.2) is 22.1 Å². The van der Waals surface area contributed by atoms with Crippen LogP contribution in [0.3, 0.4) is 0 Å². The van der Waals surface area contributed by atoms with Gasteiger partial charge in [-0.05, 0) is 66.9 Å². The van der Waals surface area contributed by atoms with Crippen molar-refractivity contribution in [3.05, 3.63) is 130 Å². The minimum absolute atomic E-state index is 0.00811. The summed E-state index contributed by atoms with van der Waals surface area (Å²) in [4.78, 5) is 0.399. The number of allylic oxidation sites excluding steroid dienone is 1. The average molecular weight is 704 g/mol. The summed E-state index contributed by atoms with van der Waals surface area (Å²) in [6.45, 7) is 4.11. The first kappa shape index (κ1) is 34.6. The van der Waals surface area contributed by atoms with Crippen molar-refractivity contribution >= 4 is 39.1 Å². The van der Waals surface area contributed by atoms with E-state index >= 15 is 4.39 Å². The van der Waals surface area contributed by atoms with Gasteiger partial charge in [0.2, 0.25) is 10.0 Å². The van der Waals surface area contributed by atoms with Crippen LogP contribution in [0.2, 0.25) is 5.02 Å². The lowest BCUT2D eigenvalue weighted by Crippen LogP contribution is -2.47. The van der Waals surface area contributed by atoms with Gasteiger partial charge >= 0.3 is 0 Å². The van der Waals surface area contributed by atoms with E-state index in [4.69, 9.17) is 16.3 Å². The van der Waals surface area contributed by atoms with Crippen LogP contribution in [0.4, 0.5) is 18.9 Å². The Morgan fingerprint density at radius 2 is 1.81 bits per heavy atom. The quantitative estimate of drug-likeness (QED) is 0.159. The molecule has 1 aliphatic rings. The zero-order valence-electron chi connectivity index (χ0n) is 26.2. The molecule has 5 rings (SSSR count). The van der Waals surface area contributed by atoms with E-state index in [9.17, 15) is 17.2 Å². The summed E-state index contributed by atoms with van der Waals surface area (Å²) in [7, 11) is -0.825. The molecule has 0 aliphatic carbocycles. The second kappa shape index (κ2) is 14.2. The summed E-state index contributed by atoms with van der Waals surface area (Å²) in [6.07, 6.45) is 6.09. The number of ether oxygens (including phenoxy) is 1. The highest BCUT2D eigenvalue weighted by Crippen LogP contribution is 2.48. The van der Waals surface area contributed by atoms with E-state index in [1.165, 1.54) is 43.1 Å². The third-order valence-corrected chi connectivity index (χ3v) is 10.9. The van der Waals surface area contributed by atoms with Gasteiger partial charge in [-0.1, -0.05) is 31.5 Å². The number of pyridine rings is 1. The molecular formula is C34H35ClF3N4O3S2+. The van der Waals surface area contributed by atoms with Gasteiger partial charge in [0, 0.05) is 57.7 Å². The van der Waals surface area contributed by atoms with Gasteiger partial charge in [0.1, 0.15) is 18.7 Å². The van der Waals surface area contributed by atoms with Crippen molar-refractivity contribution in [3.8, 4) is 5.75 Å². The Hall–Kier alpha value is -3.71. The Kier molecular flexibility index (Phi) is 10.4. The first-order valence-corrected chi connectivity index (χ1v) is 17.6. The van der Waals surface area contributed by atoms with Crippen LogP contribution in [-0.2, 0) is 34.2 Å². The summed E-state index contributed by atoms with van der Waals surface area (Å²) < 4.78 is 80.1. The molecule has 47 heavy (non-hydrogen) atoms. The number of rotatable bonds is 12. The molecule has 7 nitrogen and oxygen atoms in total. The molecule has 0 spiro atoms. The summed E-state index contributed by atoms with van der Waals surface area (Å²) in [5.41, 5.74) is 3.04. The van der Waals surface area contributed by atoms with Crippen LogP contribution >= 0.6 is 23.4 Å². The first-order chi connectivity index (χ1) is 22.3. The van der Waals surface area contributed by atoms with Gasteiger partial charge in [-0.15, -0.1) is 11.8 Å². The van der Waals surface area contributed by atoms with Crippen molar-refractivity contribution in [2.45, 2.75) is 35.9 Å². The normalized spacial score (nSPS) is 16.4. The number of nitrogens with zero attached hydrogens (tertiary/aromatic N) is 2. The topological polar surface area (TPSA) is 74.5 Å². The number of halogens is 4. The fraction of sp³-hybridized carbons (Fsp3) is 0.265. The van der Waals surface area contributed by atoms with Crippen molar-refractivity contribution in [3.63, 3.8) is 0 Å². The van der Waals surface area contributed by atoms with Gasteiger partial charge in [0.15, 0.2) is 29.0 Å². The Morgan fingerprint density at radius 3 is 2.47 bits per heavy atom. The van der Waals surface area contributed by atoms with Crippen molar-refractivity contribution in [2.75, 3.05) is 18.6 Å². The van der Waals surface area contributed by atoms with E-state index in [2.05, 4.69) is 10.0 Å². The smallest absolute Gasteiger partial charge is 0.240 e. The molecule has 0 amide bonds. The van der Waals surface area contributed by atoms with Crippen LogP contribution in [0.1, 0.15) is 30.5 Å². The van der Waals surface area contributed by atoms with E-state index in [-0.39, 0.29) is 39.4 Å². The molecule has 1 aliphatic heterocycles. The maximum absolute atomic E-state index is 15.8. The van der Waals surface area contributed by atoms with Crippen LogP contribution in [0.25, 0.3) is 0 Å². The maximum Gasteiger partial charge on any atom is 0.240 e. The Balaban J connectivity index is 1.47. The molecule has 2 heterocycles. The molecule has 0 radical (unpaired) electrons. The van der Waals surface area contributed by atoms with Crippen LogP contribution in [0, 0.1) is 23.4 Å². The van der Waals surface area contributed by atoms with Gasteiger partial charge in [-0.25, -0.2) is 30.9 Å². The van der Waals surface area contributed by atoms with Crippen molar-refractivity contribution in [1.82, 2.24) is 10.0 Å². The fourth-order valence-electron chi connectivity index (χ4n) is 5.20. The zero-order chi connectivity index (χ0) is 33.9. The number of thioether (sulfide) groups is 1. The molecule has 1 aromatic heterocycles. The molecule has 2 N–H and O–H groups in total. The number of anilines is 1. The number of hydrogen-bond donors (Lipinski definition) is 2. The van der Waals surface area contributed by atoms with Crippen molar-refractivity contribution in [1.29, 1.82) is 0 Å². The second-order valence-corrected chi connectivity index (χ2v) is 14.7. The van der Waals surface area contributed by atoms with E-state index in [0.717, 1.165) is 17.3 Å². The molecule has 0 bridgehead atoms. The van der Waals surface area contributed by atoms with Crippen molar-refractivity contribution in [2.24, 2.45) is 13.0 Å².